The molecule has 1 atom stereocenters. The molecule has 6 heteroatoms. The van der Waals surface area contributed by atoms with Crippen LogP contribution in [0.5, 0.6) is 0 Å². The van der Waals surface area contributed by atoms with Crippen molar-refractivity contribution in [2.75, 3.05) is 0 Å². The molecule has 0 bridgehead atoms. The topological polar surface area (TPSA) is 70.7 Å². The van der Waals surface area contributed by atoms with Crippen molar-refractivity contribution >= 4 is 28.3 Å². The lowest BCUT2D eigenvalue weighted by molar-refractivity contribution is -0.121. The fourth-order valence-electron chi connectivity index (χ4n) is 3.27. The predicted octanol–water partition coefficient (Wildman–Crippen LogP) is 4.72. The normalized spacial score (nSPS) is 12.2. The van der Waals surface area contributed by atoms with E-state index in [0.29, 0.717) is 0 Å². The Morgan fingerprint density at radius 1 is 1.18 bits per heavy atom. The zero-order valence-corrected chi connectivity index (χ0v) is 16.9. The second-order valence-corrected chi connectivity index (χ2v) is 7.93. The zero-order chi connectivity index (χ0) is 19.7. The van der Waals surface area contributed by atoms with E-state index in [1.165, 1.54) is 11.1 Å². The summed E-state index contributed by atoms with van der Waals surface area (Å²) in [6.07, 6.45) is 0.256. The van der Waals surface area contributed by atoms with Crippen molar-refractivity contribution in [2.45, 2.75) is 33.2 Å². The van der Waals surface area contributed by atoms with Gasteiger partial charge < -0.3 is 10.3 Å². The highest BCUT2D eigenvalue weighted by molar-refractivity contribution is 7.13. The van der Waals surface area contributed by atoms with Gasteiger partial charge >= 0.3 is 0 Å². The summed E-state index contributed by atoms with van der Waals surface area (Å²) < 4.78 is 0. The zero-order valence-electron chi connectivity index (χ0n) is 16.1. The van der Waals surface area contributed by atoms with E-state index in [2.05, 4.69) is 52.3 Å². The summed E-state index contributed by atoms with van der Waals surface area (Å²) in [4.78, 5) is 25.0. The largest absolute Gasteiger partial charge is 0.346 e. The molecule has 0 aliphatic carbocycles. The summed E-state index contributed by atoms with van der Waals surface area (Å²) in [6.45, 7) is 6.10. The van der Waals surface area contributed by atoms with Crippen molar-refractivity contribution in [3.8, 4) is 10.6 Å². The lowest BCUT2D eigenvalue weighted by Gasteiger charge is -2.10. The van der Waals surface area contributed by atoms with Crippen LogP contribution in [0.15, 0.2) is 47.8 Å². The van der Waals surface area contributed by atoms with Gasteiger partial charge in [-0.15, -0.1) is 11.3 Å². The molecule has 0 aliphatic rings. The maximum absolute atomic E-state index is 12.5. The van der Waals surface area contributed by atoms with Crippen LogP contribution in [0.1, 0.15) is 35.6 Å². The minimum Gasteiger partial charge on any atom is -0.346 e. The van der Waals surface area contributed by atoms with Gasteiger partial charge in [-0.3, -0.25) is 4.79 Å². The predicted molar refractivity (Wildman–Crippen MR) is 113 cm³/mol. The molecule has 0 spiro atoms. The molecule has 28 heavy (non-hydrogen) atoms. The van der Waals surface area contributed by atoms with Crippen molar-refractivity contribution in [3.05, 3.63) is 70.5 Å². The quantitative estimate of drug-likeness (QED) is 0.518. The number of nitrogens with zero attached hydrogens (tertiary/aromatic N) is 2. The van der Waals surface area contributed by atoms with E-state index in [-0.39, 0.29) is 18.4 Å². The van der Waals surface area contributed by atoms with E-state index in [1.54, 1.807) is 11.3 Å². The molecule has 142 valence electrons. The van der Waals surface area contributed by atoms with Crippen molar-refractivity contribution in [2.24, 2.45) is 0 Å². The first-order valence-electron chi connectivity index (χ1n) is 9.25. The van der Waals surface area contributed by atoms with Gasteiger partial charge in [0.25, 0.3) is 0 Å². The van der Waals surface area contributed by atoms with E-state index >= 15 is 0 Å². The molecule has 0 saturated carbocycles. The first kappa shape index (κ1) is 18.4. The van der Waals surface area contributed by atoms with Crippen LogP contribution in [0.3, 0.4) is 0 Å². The highest BCUT2D eigenvalue weighted by Gasteiger charge is 2.15. The van der Waals surface area contributed by atoms with Gasteiger partial charge in [0, 0.05) is 10.9 Å². The van der Waals surface area contributed by atoms with Gasteiger partial charge in [-0.25, -0.2) is 9.97 Å². The average molecular weight is 391 g/mol. The van der Waals surface area contributed by atoms with Gasteiger partial charge in [0.15, 0.2) is 0 Å². The Labute approximate surface area is 167 Å². The third-order valence-corrected chi connectivity index (χ3v) is 5.63. The summed E-state index contributed by atoms with van der Waals surface area (Å²) in [5.74, 6) is 0.689. The fraction of sp³-hybridized carbons (Fsp3) is 0.227. The van der Waals surface area contributed by atoms with Gasteiger partial charge in [0.05, 0.1) is 29.2 Å². The maximum Gasteiger partial charge on any atom is 0.226 e. The smallest absolute Gasteiger partial charge is 0.226 e. The molecule has 0 saturated heterocycles. The number of carbonyl (C=O) groups excluding carboxylic acids is 1. The summed E-state index contributed by atoms with van der Waals surface area (Å²) in [7, 11) is 0. The second-order valence-electron chi connectivity index (χ2n) is 7.07. The Morgan fingerprint density at radius 3 is 2.79 bits per heavy atom. The fourth-order valence-corrected chi connectivity index (χ4v) is 4.18. The van der Waals surface area contributed by atoms with Crippen LogP contribution in [0.4, 0.5) is 0 Å². The van der Waals surface area contributed by atoms with Gasteiger partial charge in [0.1, 0.15) is 10.8 Å². The molecule has 2 N–H and O–H groups in total. The molecule has 2 aromatic heterocycles. The van der Waals surface area contributed by atoms with Crippen LogP contribution in [-0.2, 0) is 11.2 Å². The Hall–Kier alpha value is -2.99. The molecule has 1 unspecified atom stereocenters. The molecule has 4 rings (SSSR count). The number of benzene rings is 2. The summed E-state index contributed by atoms with van der Waals surface area (Å²) in [6, 6.07) is 14.0. The molecule has 2 aromatic carbocycles. The number of aromatic amines is 1. The molecule has 0 aliphatic heterocycles. The minimum absolute atomic E-state index is 0.0644. The highest BCUT2D eigenvalue weighted by atomic mass is 32.1. The third kappa shape index (κ3) is 3.82. The maximum atomic E-state index is 12.5. The SMILES string of the molecule is Cc1ccc(-c2nc(CC(=O)NC(C)c3nc4ccccc4[nH]3)cs2)c(C)c1. The summed E-state index contributed by atoms with van der Waals surface area (Å²) in [5.41, 5.74) is 6.21. The Kier molecular flexibility index (Phi) is 4.96. The lowest BCUT2D eigenvalue weighted by atomic mass is 10.1. The number of nitrogens with one attached hydrogen (secondary N) is 2. The number of amides is 1. The number of fused-ring (bicyclic) bond motifs is 1. The standard InChI is InChI=1S/C22H22N4OS/c1-13-8-9-17(14(2)10-13)22-24-16(12-28-22)11-20(27)23-15(3)21-25-18-6-4-5-7-19(18)26-21/h4-10,12,15H,11H2,1-3H3,(H,23,27)(H,25,26). The molecular weight excluding hydrogens is 368 g/mol. The van der Waals surface area contributed by atoms with E-state index in [0.717, 1.165) is 33.1 Å². The van der Waals surface area contributed by atoms with Crippen LogP contribution < -0.4 is 5.32 Å². The van der Waals surface area contributed by atoms with Gasteiger partial charge in [0.2, 0.25) is 5.91 Å². The van der Waals surface area contributed by atoms with Crippen LogP contribution in [-0.4, -0.2) is 20.9 Å². The number of hydrogen-bond donors (Lipinski definition) is 2. The van der Waals surface area contributed by atoms with Gasteiger partial charge in [-0.1, -0.05) is 35.9 Å². The molecule has 2 heterocycles. The Morgan fingerprint density at radius 2 is 2.00 bits per heavy atom. The van der Waals surface area contributed by atoms with Crippen LogP contribution in [0, 0.1) is 13.8 Å². The van der Waals surface area contributed by atoms with Crippen molar-refractivity contribution in [1.29, 1.82) is 0 Å². The van der Waals surface area contributed by atoms with Gasteiger partial charge in [-0.2, -0.15) is 0 Å². The number of aryl methyl sites for hydroxylation is 2. The molecular formula is C22H22N4OS. The number of carbonyl (C=O) groups is 1. The van der Waals surface area contributed by atoms with Crippen LogP contribution in [0.2, 0.25) is 0 Å². The van der Waals surface area contributed by atoms with Crippen molar-refractivity contribution in [3.63, 3.8) is 0 Å². The third-order valence-electron chi connectivity index (χ3n) is 4.70. The van der Waals surface area contributed by atoms with E-state index in [4.69, 9.17) is 0 Å². The first-order chi connectivity index (χ1) is 13.5. The lowest BCUT2D eigenvalue weighted by Crippen LogP contribution is -2.28. The average Bonchev–Trinajstić information content (AvgIpc) is 3.28. The van der Waals surface area contributed by atoms with Crippen LogP contribution in [0.25, 0.3) is 21.6 Å². The number of aromatic nitrogens is 3. The molecule has 0 radical (unpaired) electrons. The molecule has 4 aromatic rings. The van der Waals surface area contributed by atoms with E-state index in [1.807, 2.05) is 36.6 Å². The summed E-state index contributed by atoms with van der Waals surface area (Å²) >= 11 is 1.57. The first-order valence-corrected chi connectivity index (χ1v) is 10.1. The highest BCUT2D eigenvalue weighted by Crippen LogP contribution is 2.27. The van der Waals surface area contributed by atoms with Gasteiger partial charge in [-0.05, 0) is 38.5 Å². The molecule has 1 amide bonds. The second kappa shape index (κ2) is 7.56. The van der Waals surface area contributed by atoms with Crippen LogP contribution >= 0.6 is 11.3 Å². The Bertz CT molecular complexity index is 1110. The molecule has 0 fully saturated rings. The van der Waals surface area contributed by atoms with Crippen molar-refractivity contribution < 1.29 is 4.79 Å². The number of para-hydroxylation sites is 2. The number of H-pyrrole nitrogens is 1. The monoisotopic (exact) mass is 390 g/mol. The summed E-state index contributed by atoms with van der Waals surface area (Å²) in [5, 5.41) is 5.91. The van der Waals surface area contributed by atoms with E-state index < -0.39 is 0 Å². The number of thiazole rings is 1. The minimum atomic E-state index is -0.197. The molecule has 5 nitrogen and oxygen atoms in total. The number of rotatable bonds is 5. The number of hydrogen-bond acceptors (Lipinski definition) is 4. The Balaban J connectivity index is 1.43. The van der Waals surface area contributed by atoms with Crippen molar-refractivity contribution in [1.82, 2.24) is 20.3 Å². The van der Waals surface area contributed by atoms with E-state index in [9.17, 15) is 4.79 Å². The number of imidazole rings is 1.